The Morgan fingerprint density at radius 3 is 2.84 bits per heavy atom. The van der Waals surface area contributed by atoms with Gasteiger partial charge in [-0.05, 0) is 31.4 Å². The van der Waals surface area contributed by atoms with Crippen LogP contribution in [0, 0.1) is 18.3 Å². The summed E-state index contributed by atoms with van der Waals surface area (Å²) in [5, 5.41) is 9.09. The lowest BCUT2D eigenvalue weighted by Gasteiger charge is -2.08. The standard InChI is InChI=1S/C15H17N3O/c1-11-4-7-15(19-3)12(8-11)5-6-13-14(9-16)18(2)10-17-13/h4,7-8,10H,5-6H2,1-3H3. The molecule has 0 atom stereocenters. The van der Waals surface area contributed by atoms with E-state index in [-0.39, 0.29) is 0 Å². The van der Waals surface area contributed by atoms with Crippen LogP contribution >= 0.6 is 0 Å². The second-order valence-corrected chi connectivity index (χ2v) is 4.58. The number of benzene rings is 1. The van der Waals surface area contributed by atoms with Crippen molar-refractivity contribution < 1.29 is 4.74 Å². The van der Waals surface area contributed by atoms with E-state index in [1.54, 1.807) is 18.0 Å². The van der Waals surface area contributed by atoms with Crippen LogP contribution in [0.15, 0.2) is 24.5 Å². The van der Waals surface area contributed by atoms with Crippen molar-refractivity contribution in [2.45, 2.75) is 19.8 Å². The number of methoxy groups -OCH3 is 1. The third-order valence-corrected chi connectivity index (χ3v) is 3.19. The highest BCUT2D eigenvalue weighted by atomic mass is 16.5. The molecule has 2 rings (SSSR count). The highest BCUT2D eigenvalue weighted by Crippen LogP contribution is 2.21. The van der Waals surface area contributed by atoms with Crippen molar-refractivity contribution in [2.75, 3.05) is 7.11 Å². The van der Waals surface area contributed by atoms with E-state index < -0.39 is 0 Å². The van der Waals surface area contributed by atoms with Crippen LogP contribution in [0.5, 0.6) is 5.75 Å². The molecule has 0 aliphatic heterocycles. The van der Waals surface area contributed by atoms with Crippen molar-refractivity contribution in [1.82, 2.24) is 9.55 Å². The third kappa shape index (κ3) is 2.76. The maximum Gasteiger partial charge on any atom is 0.142 e. The Balaban J connectivity index is 2.19. The highest BCUT2D eigenvalue weighted by Gasteiger charge is 2.10. The predicted octanol–water partition coefficient (Wildman–Crippen LogP) is 2.39. The first-order chi connectivity index (χ1) is 9.15. The Kier molecular flexibility index (Phi) is 3.86. The van der Waals surface area contributed by atoms with Gasteiger partial charge in [-0.1, -0.05) is 17.7 Å². The van der Waals surface area contributed by atoms with Gasteiger partial charge in [-0.25, -0.2) is 4.98 Å². The van der Waals surface area contributed by atoms with Crippen molar-refractivity contribution in [3.8, 4) is 11.8 Å². The van der Waals surface area contributed by atoms with Gasteiger partial charge in [-0.2, -0.15) is 5.26 Å². The highest BCUT2D eigenvalue weighted by molar-refractivity contribution is 5.38. The smallest absolute Gasteiger partial charge is 0.142 e. The SMILES string of the molecule is COc1ccc(C)cc1CCc1ncn(C)c1C#N. The summed E-state index contributed by atoms with van der Waals surface area (Å²) in [6.07, 6.45) is 3.24. The molecule has 0 N–H and O–H groups in total. The van der Waals surface area contributed by atoms with Crippen molar-refractivity contribution in [3.05, 3.63) is 47.0 Å². The summed E-state index contributed by atoms with van der Waals surface area (Å²) in [7, 11) is 3.51. The quantitative estimate of drug-likeness (QED) is 0.843. The fraction of sp³-hybridized carbons (Fsp3) is 0.333. The van der Waals surface area contributed by atoms with Crippen molar-refractivity contribution in [1.29, 1.82) is 5.26 Å². The van der Waals surface area contributed by atoms with E-state index >= 15 is 0 Å². The molecule has 0 radical (unpaired) electrons. The number of aryl methyl sites for hydroxylation is 4. The number of rotatable bonds is 4. The van der Waals surface area contributed by atoms with Crippen LogP contribution < -0.4 is 4.74 Å². The number of nitriles is 1. The molecule has 4 heteroatoms. The van der Waals surface area contributed by atoms with E-state index in [0.717, 1.165) is 29.8 Å². The summed E-state index contributed by atoms with van der Waals surface area (Å²) < 4.78 is 7.11. The first-order valence-electron chi connectivity index (χ1n) is 6.19. The van der Waals surface area contributed by atoms with Gasteiger partial charge in [0.1, 0.15) is 17.5 Å². The molecular weight excluding hydrogens is 238 g/mol. The minimum atomic E-state index is 0.631. The summed E-state index contributed by atoms with van der Waals surface area (Å²) >= 11 is 0. The molecule has 1 aromatic heterocycles. The zero-order valence-corrected chi connectivity index (χ0v) is 11.5. The average Bonchev–Trinajstić information content (AvgIpc) is 2.77. The summed E-state index contributed by atoms with van der Waals surface area (Å²) in [6.45, 7) is 2.06. The van der Waals surface area contributed by atoms with Gasteiger partial charge in [0.05, 0.1) is 19.1 Å². The molecule has 0 amide bonds. The molecule has 2 aromatic rings. The third-order valence-electron chi connectivity index (χ3n) is 3.19. The van der Waals surface area contributed by atoms with Crippen molar-refractivity contribution in [3.63, 3.8) is 0 Å². The lowest BCUT2D eigenvalue weighted by atomic mass is 10.0. The Morgan fingerprint density at radius 2 is 2.16 bits per heavy atom. The van der Waals surface area contributed by atoms with Crippen LogP contribution in [0.3, 0.4) is 0 Å². The lowest BCUT2D eigenvalue weighted by Crippen LogP contribution is -1.99. The maximum absolute atomic E-state index is 9.09. The molecule has 0 bridgehead atoms. The number of hydrogen-bond donors (Lipinski definition) is 0. The second kappa shape index (κ2) is 5.57. The summed E-state index contributed by atoms with van der Waals surface area (Å²) in [5.74, 6) is 0.889. The lowest BCUT2D eigenvalue weighted by molar-refractivity contribution is 0.409. The summed E-state index contributed by atoms with van der Waals surface area (Å²) in [5.41, 5.74) is 3.83. The zero-order chi connectivity index (χ0) is 13.8. The van der Waals surface area contributed by atoms with Crippen LogP contribution in [0.2, 0.25) is 0 Å². The molecule has 98 valence electrons. The molecule has 0 saturated heterocycles. The van der Waals surface area contributed by atoms with Crippen molar-refractivity contribution >= 4 is 0 Å². The van der Waals surface area contributed by atoms with Crippen LogP contribution in [0.25, 0.3) is 0 Å². The van der Waals surface area contributed by atoms with Crippen LogP contribution in [-0.4, -0.2) is 16.7 Å². The maximum atomic E-state index is 9.09. The van der Waals surface area contributed by atoms with Gasteiger partial charge in [0, 0.05) is 7.05 Å². The van der Waals surface area contributed by atoms with Crippen LogP contribution in [0.4, 0.5) is 0 Å². The number of ether oxygens (including phenoxy) is 1. The molecule has 0 saturated carbocycles. The Hall–Kier alpha value is -2.28. The van der Waals surface area contributed by atoms with Gasteiger partial charge in [0.2, 0.25) is 0 Å². The molecule has 0 aliphatic rings. The molecule has 0 spiro atoms. The first-order valence-corrected chi connectivity index (χ1v) is 6.19. The normalized spacial score (nSPS) is 10.2. The molecule has 0 unspecified atom stereocenters. The molecule has 1 heterocycles. The Morgan fingerprint density at radius 1 is 1.37 bits per heavy atom. The van der Waals surface area contributed by atoms with E-state index in [1.807, 2.05) is 19.2 Å². The predicted molar refractivity (Wildman–Crippen MR) is 73.1 cm³/mol. The largest absolute Gasteiger partial charge is 0.496 e. The van der Waals surface area contributed by atoms with Gasteiger partial charge in [-0.15, -0.1) is 0 Å². The fourth-order valence-electron chi connectivity index (χ4n) is 2.16. The first kappa shape index (κ1) is 13.2. The van der Waals surface area contributed by atoms with E-state index in [4.69, 9.17) is 10.00 Å². The topological polar surface area (TPSA) is 50.8 Å². The van der Waals surface area contributed by atoms with Crippen LogP contribution in [-0.2, 0) is 19.9 Å². The van der Waals surface area contributed by atoms with Gasteiger partial charge in [-0.3, -0.25) is 0 Å². The summed E-state index contributed by atoms with van der Waals surface area (Å²) in [4.78, 5) is 4.28. The number of hydrogen-bond acceptors (Lipinski definition) is 3. The van der Waals surface area contributed by atoms with Crippen molar-refractivity contribution in [2.24, 2.45) is 7.05 Å². The van der Waals surface area contributed by atoms with E-state index in [0.29, 0.717) is 5.69 Å². The minimum Gasteiger partial charge on any atom is -0.496 e. The molecule has 1 aromatic carbocycles. The molecular formula is C15H17N3O. The van der Waals surface area contributed by atoms with E-state index in [1.165, 1.54) is 5.56 Å². The van der Waals surface area contributed by atoms with Gasteiger partial charge in [0.15, 0.2) is 0 Å². The fourth-order valence-corrected chi connectivity index (χ4v) is 2.16. The van der Waals surface area contributed by atoms with E-state index in [2.05, 4.69) is 24.0 Å². The molecule has 19 heavy (non-hydrogen) atoms. The minimum absolute atomic E-state index is 0.631. The Bertz CT molecular complexity index is 623. The zero-order valence-electron chi connectivity index (χ0n) is 11.5. The molecule has 4 nitrogen and oxygen atoms in total. The average molecular weight is 255 g/mol. The van der Waals surface area contributed by atoms with Crippen LogP contribution in [0.1, 0.15) is 22.5 Å². The molecule has 0 fully saturated rings. The summed E-state index contributed by atoms with van der Waals surface area (Å²) in [6, 6.07) is 8.32. The van der Waals surface area contributed by atoms with Gasteiger partial charge >= 0.3 is 0 Å². The number of imidazole rings is 1. The number of aromatic nitrogens is 2. The Labute approximate surface area is 113 Å². The monoisotopic (exact) mass is 255 g/mol. The van der Waals surface area contributed by atoms with Gasteiger partial charge < -0.3 is 9.30 Å². The number of nitrogens with zero attached hydrogens (tertiary/aromatic N) is 3. The molecule has 0 aliphatic carbocycles. The second-order valence-electron chi connectivity index (χ2n) is 4.58. The van der Waals surface area contributed by atoms with Gasteiger partial charge in [0.25, 0.3) is 0 Å². The van der Waals surface area contributed by atoms with E-state index in [9.17, 15) is 0 Å².